The summed E-state index contributed by atoms with van der Waals surface area (Å²) in [5.41, 5.74) is 0.562. The van der Waals surface area contributed by atoms with Crippen LogP contribution in [0.2, 0.25) is 0 Å². The molecule has 0 aliphatic rings. The SMILES string of the molecule is CCCCOC(=O)c1cccc(I)c1C(=O)OCC(C)C. The standard InChI is InChI=1S/C16H21IO4/c1-4-5-9-20-15(18)12-7-6-8-13(17)14(12)16(19)21-10-11(2)3/h6-8,11H,4-5,9-10H2,1-3H3. The number of ether oxygens (including phenoxy) is 2. The third-order valence-corrected chi connectivity index (χ3v) is 3.62. The number of unbranched alkanes of at least 4 members (excludes halogenated alkanes) is 1. The van der Waals surface area contributed by atoms with E-state index in [4.69, 9.17) is 9.47 Å². The number of carbonyl (C=O) groups excluding carboxylic acids is 2. The minimum absolute atomic E-state index is 0.246. The van der Waals surface area contributed by atoms with E-state index in [0.29, 0.717) is 22.3 Å². The quantitative estimate of drug-likeness (QED) is 0.391. The summed E-state index contributed by atoms with van der Waals surface area (Å²) in [7, 11) is 0. The van der Waals surface area contributed by atoms with Crippen LogP contribution in [0.25, 0.3) is 0 Å². The van der Waals surface area contributed by atoms with Crippen LogP contribution in [-0.2, 0) is 9.47 Å². The van der Waals surface area contributed by atoms with E-state index in [1.54, 1.807) is 18.2 Å². The second kappa shape index (κ2) is 9.02. The van der Waals surface area contributed by atoms with E-state index in [1.165, 1.54) is 0 Å². The molecule has 0 saturated heterocycles. The van der Waals surface area contributed by atoms with Crippen LogP contribution in [0.3, 0.4) is 0 Å². The molecule has 0 aromatic heterocycles. The zero-order valence-electron chi connectivity index (χ0n) is 12.6. The molecule has 0 spiro atoms. The molecule has 0 amide bonds. The lowest BCUT2D eigenvalue weighted by Crippen LogP contribution is -2.17. The summed E-state index contributed by atoms with van der Waals surface area (Å²) >= 11 is 2.03. The largest absolute Gasteiger partial charge is 0.462 e. The van der Waals surface area contributed by atoms with Crippen LogP contribution in [0.15, 0.2) is 18.2 Å². The number of rotatable bonds is 7. The van der Waals surface area contributed by atoms with Crippen molar-refractivity contribution < 1.29 is 19.1 Å². The van der Waals surface area contributed by atoms with Gasteiger partial charge in [0, 0.05) is 3.57 Å². The van der Waals surface area contributed by atoms with Gasteiger partial charge in [0.15, 0.2) is 0 Å². The molecule has 0 heterocycles. The number of esters is 2. The molecule has 5 heteroatoms. The van der Waals surface area contributed by atoms with Gasteiger partial charge < -0.3 is 9.47 Å². The van der Waals surface area contributed by atoms with Gasteiger partial charge in [-0.3, -0.25) is 0 Å². The predicted molar refractivity (Wildman–Crippen MR) is 89.5 cm³/mol. The molecule has 0 aliphatic carbocycles. The van der Waals surface area contributed by atoms with Crippen LogP contribution in [0.5, 0.6) is 0 Å². The van der Waals surface area contributed by atoms with Crippen LogP contribution in [0.4, 0.5) is 0 Å². The van der Waals surface area contributed by atoms with Crippen molar-refractivity contribution in [2.45, 2.75) is 33.6 Å². The normalized spacial score (nSPS) is 10.5. The first-order chi connectivity index (χ1) is 9.97. The van der Waals surface area contributed by atoms with Gasteiger partial charge in [0.25, 0.3) is 0 Å². The third kappa shape index (κ3) is 5.65. The van der Waals surface area contributed by atoms with E-state index in [0.717, 1.165) is 12.8 Å². The molecular formula is C16H21IO4. The predicted octanol–water partition coefficient (Wildman–Crippen LogP) is 4.06. The summed E-state index contributed by atoms with van der Waals surface area (Å²) < 4.78 is 11.1. The lowest BCUT2D eigenvalue weighted by Gasteiger charge is -2.12. The first-order valence-electron chi connectivity index (χ1n) is 7.10. The summed E-state index contributed by atoms with van der Waals surface area (Å²) in [6.45, 7) is 6.63. The fraction of sp³-hybridized carbons (Fsp3) is 0.500. The van der Waals surface area contributed by atoms with Gasteiger partial charge in [-0.25, -0.2) is 9.59 Å². The lowest BCUT2D eigenvalue weighted by molar-refractivity contribution is 0.0427. The van der Waals surface area contributed by atoms with Crippen molar-refractivity contribution in [1.29, 1.82) is 0 Å². The average molecular weight is 404 g/mol. The number of hydrogen-bond acceptors (Lipinski definition) is 4. The van der Waals surface area contributed by atoms with Gasteiger partial charge in [-0.1, -0.05) is 33.3 Å². The Kier molecular flexibility index (Phi) is 7.71. The second-order valence-electron chi connectivity index (χ2n) is 5.14. The molecule has 0 bridgehead atoms. The van der Waals surface area contributed by atoms with Crippen molar-refractivity contribution in [2.75, 3.05) is 13.2 Å². The Morgan fingerprint density at radius 2 is 1.90 bits per heavy atom. The number of hydrogen-bond donors (Lipinski definition) is 0. The smallest absolute Gasteiger partial charge is 0.340 e. The molecule has 1 aromatic rings. The van der Waals surface area contributed by atoms with Gasteiger partial charge in [-0.05, 0) is 47.1 Å². The van der Waals surface area contributed by atoms with Crippen LogP contribution in [0, 0.1) is 9.49 Å². The van der Waals surface area contributed by atoms with Crippen LogP contribution in [0.1, 0.15) is 54.3 Å². The van der Waals surface area contributed by atoms with Gasteiger partial charge in [-0.15, -0.1) is 0 Å². The van der Waals surface area contributed by atoms with Crippen molar-refractivity contribution in [1.82, 2.24) is 0 Å². The van der Waals surface area contributed by atoms with E-state index >= 15 is 0 Å². The first-order valence-corrected chi connectivity index (χ1v) is 8.18. The Morgan fingerprint density at radius 3 is 2.52 bits per heavy atom. The van der Waals surface area contributed by atoms with Crippen molar-refractivity contribution in [3.8, 4) is 0 Å². The maximum atomic E-state index is 12.2. The molecule has 0 radical (unpaired) electrons. The van der Waals surface area contributed by atoms with E-state index in [1.807, 2.05) is 43.4 Å². The van der Waals surface area contributed by atoms with Gasteiger partial charge in [0.1, 0.15) is 0 Å². The van der Waals surface area contributed by atoms with Crippen molar-refractivity contribution >= 4 is 34.5 Å². The Bertz CT molecular complexity index is 497. The Balaban J connectivity index is 2.92. The van der Waals surface area contributed by atoms with E-state index < -0.39 is 11.9 Å². The molecule has 0 unspecified atom stereocenters. The van der Waals surface area contributed by atoms with Crippen molar-refractivity contribution in [3.05, 3.63) is 32.9 Å². The van der Waals surface area contributed by atoms with E-state index in [9.17, 15) is 9.59 Å². The maximum absolute atomic E-state index is 12.2. The topological polar surface area (TPSA) is 52.6 Å². The second-order valence-corrected chi connectivity index (χ2v) is 6.31. The summed E-state index contributed by atoms with van der Waals surface area (Å²) in [5, 5.41) is 0. The monoisotopic (exact) mass is 404 g/mol. The lowest BCUT2D eigenvalue weighted by atomic mass is 10.1. The summed E-state index contributed by atoms with van der Waals surface area (Å²) in [6, 6.07) is 5.11. The van der Waals surface area contributed by atoms with Crippen molar-refractivity contribution in [3.63, 3.8) is 0 Å². The number of carbonyl (C=O) groups is 2. The summed E-state index contributed by atoms with van der Waals surface area (Å²) in [4.78, 5) is 24.3. The first kappa shape index (κ1) is 17.9. The molecule has 1 aromatic carbocycles. The average Bonchev–Trinajstić information content (AvgIpc) is 2.44. The van der Waals surface area contributed by atoms with Gasteiger partial charge in [0.05, 0.1) is 24.3 Å². The Hall–Kier alpha value is -1.11. The summed E-state index contributed by atoms with van der Waals surface area (Å²) in [5.74, 6) is -0.704. The fourth-order valence-corrected chi connectivity index (χ4v) is 2.32. The highest BCUT2D eigenvalue weighted by molar-refractivity contribution is 14.1. The molecule has 0 fully saturated rings. The number of halogens is 1. The highest BCUT2D eigenvalue weighted by Gasteiger charge is 2.22. The number of benzene rings is 1. The molecule has 116 valence electrons. The minimum atomic E-state index is -0.476. The summed E-state index contributed by atoms with van der Waals surface area (Å²) in [6.07, 6.45) is 1.76. The zero-order valence-corrected chi connectivity index (χ0v) is 14.8. The maximum Gasteiger partial charge on any atom is 0.340 e. The van der Waals surface area contributed by atoms with E-state index in [2.05, 4.69) is 0 Å². The molecule has 0 N–H and O–H groups in total. The van der Waals surface area contributed by atoms with Crippen molar-refractivity contribution in [2.24, 2.45) is 5.92 Å². The highest BCUT2D eigenvalue weighted by atomic mass is 127. The van der Waals surface area contributed by atoms with Gasteiger partial charge >= 0.3 is 11.9 Å². The molecule has 0 atom stereocenters. The Labute approximate surface area is 139 Å². The fourth-order valence-electron chi connectivity index (χ4n) is 1.60. The molecule has 1 rings (SSSR count). The molecule has 4 nitrogen and oxygen atoms in total. The van der Waals surface area contributed by atoms with E-state index in [-0.39, 0.29) is 11.5 Å². The third-order valence-electron chi connectivity index (χ3n) is 2.72. The van der Waals surface area contributed by atoms with Gasteiger partial charge in [-0.2, -0.15) is 0 Å². The van der Waals surface area contributed by atoms with Gasteiger partial charge in [0.2, 0.25) is 0 Å². The van der Waals surface area contributed by atoms with Crippen LogP contribution < -0.4 is 0 Å². The zero-order chi connectivity index (χ0) is 15.8. The molecule has 0 saturated carbocycles. The molecule has 0 aliphatic heterocycles. The highest BCUT2D eigenvalue weighted by Crippen LogP contribution is 2.20. The van der Waals surface area contributed by atoms with Crippen LogP contribution >= 0.6 is 22.6 Å². The molecular weight excluding hydrogens is 383 g/mol. The Morgan fingerprint density at radius 1 is 1.19 bits per heavy atom. The van der Waals surface area contributed by atoms with Crippen LogP contribution in [-0.4, -0.2) is 25.2 Å². The molecule has 21 heavy (non-hydrogen) atoms. The minimum Gasteiger partial charge on any atom is -0.462 e.